The second-order valence-electron chi connectivity index (χ2n) is 4.30. The van der Waals surface area contributed by atoms with E-state index in [1.165, 1.54) is 17.0 Å². The molecule has 2 amide bonds. The normalized spacial score (nSPS) is 19.7. The van der Waals surface area contributed by atoms with Gasteiger partial charge in [-0.25, -0.2) is 9.18 Å². The molecule has 1 heterocycles. The largest absolute Gasteiger partial charge is 0.391 e. The molecule has 1 atom stereocenters. The van der Waals surface area contributed by atoms with Crippen LogP contribution in [0.1, 0.15) is 12.8 Å². The van der Waals surface area contributed by atoms with Crippen LogP contribution in [0.2, 0.25) is 5.02 Å². The van der Waals surface area contributed by atoms with Gasteiger partial charge in [0.05, 0.1) is 16.8 Å². The van der Waals surface area contributed by atoms with Crippen molar-refractivity contribution >= 4 is 23.3 Å². The van der Waals surface area contributed by atoms with E-state index in [-0.39, 0.29) is 11.1 Å². The molecule has 4 nitrogen and oxygen atoms in total. The molecular weight excluding hydrogens is 259 g/mol. The Labute approximate surface area is 109 Å². The van der Waals surface area contributed by atoms with Crippen molar-refractivity contribution < 1.29 is 14.3 Å². The molecule has 0 bridgehead atoms. The number of piperidine rings is 1. The van der Waals surface area contributed by atoms with Crippen molar-refractivity contribution in [3.8, 4) is 0 Å². The zero-order valence-corrected chi connectivity index (χ0v) is 10.5. The lowest BCUT2D eigenvalue weighted by Crippen LogP contribution is -2.44. The number of carbonyl (C=O) groups excluding carboxylic acids is 1. The average Bonchev–Trinajstić information content (AvgIpc) is 2.32. The Morgan fingerprint density at radius 2 is 2.33 bits per heavy atom. The molecule has 1 aliphatic heterocycles. The van der Waals surface area contributed by atoms with Crippen LogP contribution >= 0.6 is 11.6 Å². The van der Waals surface area contributed by atoms with Gasteiger partial charge in [-0.2, -0.15) is 0 Å². The Morgan fingerprint density at radius 3 is 3.00 bits per heavy atom. The first-order chi connectivity index (χ1) is 8.56. The number of anilines is 1. The first kappa shape index (κ1) is 13.1. The van der Waals surface area contributed by atoms with Crippen LogP contribution in [-0.2, 0) is 0 Å². The Hall–Kier alpha value is -1.33. The van der Waals surface area contributed by atoms with Crippen molar-refractivity contribution in [2.24, 2.45) is 0 Å². The smallest absolute Gasteiger partial charge is 0.321 e. The number of benzene rings is 1. The Kier molecular flexibility index (Phi) is 4.04. The minimum absolute atomic E-state index is 0.154. The van der Waals surface area contributed by atoms with Gasteiger partial charge in [0.15, 0.2) is 0 Å². The van der Waals surface area contributed by atoms with Gasteiger partial charge in [-0.3, -0.25) is 0 Å². The highest BCUT2D eigenvalue weighted by Gasteiger charge is 2.22. The van der Waals surface area contributed by atoms with Crippen LogP contribution in [0.15, 0.2) is 18.2 Å². The van der Waals surface area contributed by atoms with Crippen LogP contribution < -0.4 is 5.32 Å². The lowest BCUT2D eigenvalue weighted by molar-refractivity contribution is 0.0883. The molecule has 6 heteroatoms. The first-order valence-electron chi connectivity index (χ1n) is 5.75. The molecule has 0 spiro atoms. The van der Waals surface area contributed by atoms with Gasteiger partial charge in [0.2, 0.25) is 0 Å². The summed E-state index contributed by atoms with van der Waals surface area (Å²) in [5.74, 6) is -0.452. The summed E-state index contributed by atoms with van der Waals surface area (Å²) in [4.78, 5) is 13.4. The van der Waals surface area contributed by atoms with Gasteiger partial charge in [0, 0.05) is 13.1 Å². The molecule has 2 N–H and O–H groups in total. The minimum Gasteiger partial charge on any atom is -0.391 e. The maximum Gasteiger partial charge on any atom is 0.321 e. The third-order valence-electron chi connectivity index (χ3n) is 2.86. The van der Waals surface area contributed by atoms with E-state index in [9.17, 15) is 14.3 Å². The Balaban J connectivity index is 2.02. The summed E-state index contributed by atoms with van der Waals surface area (Å²) in [6, 6.07) is 3.45. The fraction of sp³-hybridized carbons (Fsp3) is 0.417. The molecule has 1 aliphatic rings. The number of amides is 2. The van der Waals surface area contributed by atoms with E-state index in [1.807, 2.05) is 0 Å². The molecule has 0 aliphatic carbocycles. The molecule has 1 unspecified atom stereocenters. The van der Waals surface area contributed by atoms with E-state index < -0.39 is 11.9 Å². The number of likely N-dealkylation sites (tertiary alicyclic amines) is 1. The molecule has 0 radical (unpaired) electrons. The number of carbonyl (C=O) groups is 1. The van der Waals surface area contributed by atoms with Crippen LogP contribution in [-0.4, -0.2) is 35.2 Å². The second kappa shape index (κ2) is 5.54. The standard InChI is InChI=1S/C12H14ClFN2O2/c13-10-6-8(14)3-4-11(10)15-12(18)16-5-1-2-9(17)7-16/h3-4,6,9,17H,1-2,5,7H2,(H,15,18). The van der Waals surface area contributed by atoms with E-state index in [0.717, 1.165) is 12.5 Å². The van der Waals surface area contributed by atoms with Gasteiger partial charge in [-0.05, 0) is 31.0 Å². The molecule has 1 aromatic carbocycles. The van der Waals surface area contributed by atoms with Crippen LogP contribution in [0.4, 0.5) is 14.9 Å². The Bertz CT molecular complexity index is 456. The summed E-state index contributed by atoms with van der Waals surface area (Å²) in [7, 11) is 0. The van der Waals surface area contributed by atoms with E-state index in [4.69, 9.17) is 11.6 Å². The van der Waals surface area contributed by atoms with Gasteiger partial charge in [-0.15, -0.1) is 0 Å². The van der Waals surface area contributed by atoms with Crippen molar-refractivity contribution in [1.29, 1.82) is 0 Å². The summed E-state index contributed by atoms with van der Waals surface area (Å²) >= 11 is 5.82. The number of rotatable bonds is 1. The molecule has 0 aromatic heterocycles. The van der Waals surface area contributed by atoms with Gasteiger partial charge in [-0.1, -0.05) is 11.6 Å². The molecule has 1 fully saturated rings. The number of hydrogen-bond donors (Lipinski definition) is 2. The SMILES string of the molecule is O=C(Nc1ccc(F)cc1Cl)N1CCCC(O)C1. The molecule has 0 saturated carbocycles. The highest BCUT2D eigenvalue weighted by molar-refractivity contribution is 6.33. The summed E-state index contributed by atoms with van der Waals surface area (Å²) in [5.41, 5.74) is 0.364. The average molecular weight is 273 g/mol. The van der Waals surface area contributed by atoms with E-state index in [1.54, 1.807) is 0 Å². The van der Waals surface area contributed by atoms with Gasteiger partial charge in [0.25, 0.3) is 0 Å². The summed E-state index contributed by atoms with van der Waals surface area (Å²) in [6.45, 7) is 0.909. The summed E-state index contributed by atoms with van der Waals surface area (Å²) in [6.07, 6.45) is 1.00. The van der Waals surface area contributed by atoms with Crippen molar-refractivity contribution in [2.45, 2.75) is 18.9 Å². The number of hydrogen-bond acceptors (Lipinski definition) is 2. The quantitative estimate of drug-likeness (QED) is 0.825. The van der Waals surface area contributed by atoms with E-state index in [0.29, 0.717) is 25.2 Å². The zero-order valence-electron chi connectivity index (χ0n) is 9.70. The molecule has 1 aromatic rings. The predicted octanol–water partition coefficient (Wildman–Crippen LogP) is 2.47. The minimum atomic E-state index is -0.479. The lowest BCUT2D eigenvalue weighted by Gasteiger charge is -2.30. The van der Waals surface area contributed by atoms with Crippen LogP contribution in [0.5, 0.6) is 0 Å². The molecule has 98 valence electrons. The maximum atomic E-state index is 12.9. The molecule has 18 heavy (non-hydrogen) atoms. The zero-order chi connectivity index (χ0) is 13.1. The van der Waals surface area contributed by atoms with Crippen LogP contribution in [0, 0.1) is 5.82 Å². The number of halogens is 2. The predicted molar refractivity (Wildman–Crippen MR) is 67.2 cm³/mol. The van der Waals surface area contributed by atoms with Crippen LogP contribution in [0.3, 0.4) is 0 Å². The maximum absolute atomic E-state index is 12.9. The number of nitrogens with zero attached hydrogens (tertiary/aromatic N) is 1. The summed E-state index contributed by atoms with van der Waals surface area (Å²) < 4.78 is 12.9. The van der Waals surface area contributed by atoms with Gasteiger partial charge >= 0.3 is 6.03 Å². The highest BCUT2D eigenvalue weighted by atomic mass is 35.5. The Morgan fingerprint density at radius 1 is 1.56 bits per heavy atom. The van der Waals surface area contributed by atoms with Gasteiger partial charge < -0.3 is 15.3 Å². The number of β-amino-alcohol motifs (C(OH)–C–C–N with tert-alkyl or cyclic N) is 1. The first-order valence-corrected chi connectivity index (χ1v) is 6.13. The number of nitrogens with one attached hydrogen (secondary N) is 1. The number of aliphatic hydroxyl groups is 1. The third kappa shape index (κ3) is 3.11. The monoisotopic (exact) mass is 272 g/mol. The molecular formula is C12H14ClFN2O2. The lowest BCUT2D eigenvalue weighted by atomic mass is 10.1. The van der Waals surface area contributed by atoms with Crippen molar-refractivity contribution in [1.82, 2.24) is 4.90 Å². The van der Waals surface area contributed by atoms with E-state index in [2.05, 4.69) is 5.32 Å². The highest BCUT2D eigenvalue weighted by Crippen LogP contribution is 2.23. The van der Waals surface area contributed by atoms with E-state index >= 15 is 0 Å². The topological polar surface area (TPSA) is 52.6 Å². The summed E-state index contributed by atoms with van der Waals surface area (Å²) in [5, 5.41) is 12.2. The molecule has 2 rings (SSSR count). The van der Waals surface area contributed by atoms with Crippen molar-refractivity contribution in [3.63, 3.8) is 0 Å². The fourth-order valence-corrected chi connectivity index (χ4v) is 2.14. The number of aliphatic hydroxyl groups excluding tert-OH is 1. The third-order valence-corrected chi connectivity index (χ3v) is 3.17. The molecule has 1 saturated heterocycles. The second-order valence-corrected chi connectivity index (χ2v) is 4.70. The van der Waals surface area contributed by atoms with Gasteiger partial charge in [0.1, 0.15) is 5.82 Å². The van der Waals surface area contributed by atoms with Crippen LogP contribution in [0.25, 0.3) is 0 Å². The number of urea groups is 1. The fourth-order valence-electron chi connectivity index (χ4n) is 1.92. The van der Waals surface area contributed by atoms with Crippen molar-refractivity contribution in [3.05, 3.63) is 29.0 Å². The van der Waals surface area contributed by atoms with Crippen molar-refractivity contribution in [2.75, 3.05) is 18.4 Å².